The van der Waals surface area contributed by atoms with Crippen LogP contribution in [0.4, 0.5) is 0 Å². The topological polar surface area (TPSA) is 65.2 Å². The van der Waals surface area contributed by atoms with Gasteiger partial charge < -0.3 is 10.4 Å². The van der Waals surface area contributed by atoms with Gasteiger partial charge in [0.1, 0.15) is 5.71 Å². The molecular weight excluding hydrogens is 240 g/mol. The zero-order valence-corrected chi connectivity index (χ0v) is 10.3. The van der Waals surface area contributed by atoms with Crippen LogP contribution in [0.25, 0.3) is 11.1 Å². The van der Waals surface area contributed by atoms with E-state index in [0.29, 0.717) is 11.4 Å². The molecule has 4 nitrogen and oxygen atoms in total. The minimum absolute atomic E-state index is 0.524. The monoisotopic (exact) mass is 252 g/mol. The van der Waals surface area contributed by atoms with Crippen LogP contribution >= 0.6 is 0 Å². The van der Waals surface area contributed by atoms with Gasteiger partial charge in [0.05, 0.1) is 5.71 Å². The number of nitrogens with zero attached hydrogens (tertiary/aromatic N) is 2. The number of rotatable bonds is 1. The van der Waals surface area contributed by atoms with Gasteiger partial charge in [-0.25, -0.2) is 0 Å². The van der Waals surface area contributed by atoms with Gasteiger partial charge in [-0.3, -0.25) is 0 Å². The Labute approximate surface area is 110 Å². The molecule has 4 heteroatoms. The number of oxime groups is 2. The van der Waals surface area contributed by atoms with E-state index in [9.17, 15) is 5.21 Å². The van der Waals surface area contributed by atoms with Crippen LogP contribution in [-0.4, -0.2) is 21.8 Å². The Kier molecular flexibility index (Phi) is 2.56. The zero-order chi connectivity index (χ0) is 13.4. The molecule has 1 aliphatic rings. The summed E-state index contributed by atoms with van der Waals surface area (Å²) in [7, 11) is 0. The van der Waals surface area contributed by atoms with Crippen LogP contribution in [0.1, 0.15) is 23.6 Å². The van der Waals surface area contributed by atoms with Crippen LogP contribution in [-0.2, 0) is 0 Å². The zero-order valence-electron chi connectivity index (χ0n) is 10.3. The number of fused-ring (bicyclic) bond motifs is 3. The number of benzene rings is 2. The van der Waals surface area contributed by atoms with E-state index >= 15 is 0 Å². The predicted molar refractivity (Wildman–Crippen MR) is 73.3 cm³/mol. The first kappa shape index (κ1) is 11.5. The standard InChI is InChI=1S/C15H12N2O2/c1-9(16-18)10-6-7-12-11-4-2-3-5-13(11)15(17-19)14(12)8-10/h2-8,18-19H,1H3/b16-9+,17-15-. The fourth-order valence-electron chi connectivity index (χ4n) is 2.44. The Balaban J connectivity index is 2.27. The maximum Gasteiger partial charge on any atom is 0.118 e. The maximum absolute atomic E-state index is 9.25. The average Bonchev–Trinajstić information content (AvgIpc) is 2.79. The molecule has 3 rings (SSSR count). The largest absolute Gasteiger partial charge is 0.411 e. The Bertz CT molecular complexity index is 718. The minimum atomic E-state index is 0.524. The third kappa shape index (κ3) is 1.61. The molecular formula is C15H12N2O2. The van der Waals surface area contributed by atoms with Gasteiger partial charge in [0.2, 0.25) is 0 Å². The molecule has 0 saturated heterocycles. The van der Waals surface area contributed by atoms with Crippen LogP contribution in [0.5, 0.6) is 0 Å². The lowest BCUT2D eigenvalue weighted by atomic mass is 10.0. The molecule has 94 valence electrons. The van der Waals surface area contributed by atoms with E-state index in [4.69, 9.17) is 5.21 Å². The fourth-order valence-corrected chi connectivity index (χ4v) is 2.44. The van der Waals surface area contributed by atoms with Gasteiger partial charge >= 0.3 is 0 Å². The molecule has 0 spiro atoms. The number of hydrogen-bond donors (Lipinski definition) is 2. The van der Waals surface area contributed by atoms with Gasteiger partial charge in [0.25, 0.3) is 0 Å². The molecule has 2 aromatic rings. The Hall–Kier alpha value is -2.62. The first-order chi connectivity index (χ1) is 9.26. The molecule has 0 heterocycles. The van der Waals surface area contributed by atoms with Crippen molar-refractivity contribution in [1.29, 1.82) is 0 Å². The average molecular weight is 252 g/mol. The third-order valence-corrected chi connectivity index (χ3v) is 3.41. The highest BCUT2D eigenvalue weighted by Gasteiger charge is 2.25. The van der Waals surface area contributed by atoms with Crippen molar-refractivity contribution in [3.8, 4) is 11.1 Å². The quantitative estimate of drug-likeness (QED) is 0.397. The van der Waals surface area contributed by atoms with Crippen LogP contribution in [0.15, 0.2) is 52.8 Å². The molecule has 19 heavy (non-hydrogen) atoms. The van der Waals surface area contributed by atoms with Crippen LogP contribution in [0.2, 0.25) is 0 Å². The normalized spacial score (nSPS) is 15.4. The summed E-state index contributed by atoms with van der Waals surface area (Å²) in [5.74, 6) is 0. The van der Waals surface area contributed by atoms with Gasteiger partial charge in [0.15, 0.2) is 0 Å². The van der Waals surface area contributed by atoms with Gasteiger partial charge in [-0.1, -0.05) is 46.7 Å². The van der Waals surface area contributed by atoms with Crippen molar-refractivity contribution in [2.24, 2.45) is 10.3 Å². The van der Waals surface area contributed by atoms with Crippen molar-refractivity contribution >= 4 is 11.4 Å². The second-order valence-electron chi connectivity index (χ2n) is 4.44. The third-order valence-electron chi connectivity index (χ3n) is 3.41. The molecule has 0 unspecified atom stereocenters. The Morgan fingerprint density at radius 1 is 0.895 bits per heavy atom. The summed E-state index contributed by atoms with van der Waals surface area (Å²) in [4.78, 5) is 0. The van der Waals surface area contributed by atoms with E-state index in [1.807, 2.05) is 42.5 Å². The second kappa shape index (κ2) is 4.24. The van der Waals surface area contributed by atoms with Gasteiger partial charge in [-0.05, 0) is 29.7 Å². The summed E-state index contributed by atoms with van der Waals surface area (Å²) < 4.78 is 0. The lowest BCUT2D eigenvalue weighted by molar-refractivity contribution is 0.319. The molecule has 0 aliphatic heterocycles. The van der Waals surface area contributed by atoms with Crippen molar-refractivity contribution in [2.45, 2.75) is 6.92 Å². The maximum atomic E-state index is 9.25. The van der Waals surface area contributed by atoms with Crippen molar-refractivity contribution in [3.63, 3.8) is 0 Å². The summed E-state index contributed by atoms with van der Waals surface area (Å²) >= 11 is 0. The van der Waals surface area contributed by atoms with Crippen molar-refractivity contribution in [3.05, 3.63) is 59.2 Å². The van der Waals surface area contributed by atoms with E-state index in [1.165, 1.54) is 0 Å². The molecule has 0 atom stereocenters. The summed E-state index contributed by atoms with van der Waals surface area (Å²) in [5.41, 5.74) is 5.72. The Morgan fingerprint density at radius 3 is 2.26 bits per heavy atom. The minimum Gasteiger partial charge on any atom is -0.411 e. The first-order valence-electron chi connectivity index (χ1n) is 5.91. The highest BCUT2D eigenvalue weighted by Crippen LogP contribution is 2.37. The SMILES string of the molecule is C/C(=N\O)c1ccc2c(c1)/C(=N\O)c1ccccc1-2. The van der Waals surface area contributed by atoms with Crippen molar-refractivity contribution in [2.75, 3.05) is 0 Å². The molecule has 0 saturated carbocycles. The molecule has 2 aromatic carbocycles. The lowest BCUT2D eigenvalue weighted by Crippen LogP contribution is -2.01. The fraction of sp³-hybridized carbons (Fsp3) is 0.0667. The summed E-state index contributed by atoms with van der Waals surface area (Å²) in [5, 5.41) is 24.7. The Morgan fingerprint density at radius 2 is 1.58 bits per heavy atom. The molecule has 2 N–H and O–H groups in total. The van der Waals surface area contributed by atoms with Crippen molar-refractivity contribution < 1.29 is 10.4 Å². The summed E-state index contributed by atoms with van der Waals surface area (Å²) in [6.07, 6.45) is 0. The van der Waals surface area contributed by atoms with Gasteiger partial charge in [-0.15, -0.1) is 0 Å². The highest BCUT2D eigenvalue weighted by molar-refractivity contribution is 6.24. The first-order valence-corrected chi connectivity index (χ1v) is 5.91. The van der Waals surface area contributed by atoms with E-state index in [1.54, 1.807) is 6.92 Å². The molecule has 0 aromatic heterocycles. The second-order valence-corrected chi connectivity index (χ2v) is 4.44. The van der Waals surface area contributed by atoms with Crippen LogP contribution in [0.3, 0.4) is 0 Å². The number of hydrogen-bond acceptors (Lipinski definition) is 4. The predicted octanol–water partition coefficient (Wildman–Crippen LogP) is 3.09. The smallest absolute Gasteiger partial charge is 0.118 e. The van der Waals surface area contributed by atoms with Gasteiger partial charge in [0, 0.05) is 11.1 Å². The van der Waals surface area contributed by atoms with E-state index in [-0.39, 0.29) is 0 Å². The lowest BCUT2D eigenvalue weighted by Gasteiger charge is -2.03. The molecule has 0 fully saturated rings. The molecule has 0 radical (unpaired) electrons. The van der Waals surface area contributed by atoms with Crippen LogP contribution in [0, 0.1) is 0 Å². The molecule has 0 bridgehead atoms. The van der Waals surface area contributed by atoms with E-state index < -0.39 is 0 Å². The summed E-state index contributed by atoms with van der Waals surface area (Å²) in [6, 6.07) is 13.5. The van der Waals surface area contributed by atoms with E-state index in [0.717, 1.165) is 27.8 Å². The van der Waals surface area contributed by atoms with Crippen molar-refractivity contribution in [1.82, 2.24) is 0 Å². The molecule has 0 amide bonds. The summed E-state index contributed by atoms with van der Waals surface area (Å²) in [6.45, 7) is 1.72. The van der Waals surface area contributed by atoms with E-state index in [2.05, 4.69) is 10.3 Å². The highest BCUT2D eigenvalue weighted by atomic mass is 16.4. The molecule has 1 aliphatic carbocycles. The van der Waals surface area contributed by atoms with Gasteiger partial charge in [-0.2, -0.15) is 0 Å². The van der Waals surface area contributed by atoms with Crippen LogP contribution < -0.4 is 0 Å².